The van der Waals surface area contributed by atoms with Crippen LogP contribution in [0.2, 0.25) is 5.02 Å². The van der Waals surface area contributed by atoms with Gasteiger partial charge in [-0.1, -0.05) is 58.5 Å². The molecule has 0 bridgehead atoms. The number of benzene rings is 3. The molecule has 5 nitrogen and oxygen atoms in total. The second kappa shape index (κ2) is 13.8. The molecule has 1 N–H and O–H groups in total. The fourth-order valence-corrected chi connectivity index (χ4v) is 6.77. The Bertz CT molecular complexity index is 1350. The molecule has 0 spiro atoms. The highest BCUT2D eigenvalue weighted by atomic mass is 127. The number of amides is 1. The molecule has 3 aromatic carbocycles. The first-order valence-electron chi connectivity index (χ1n) is 14.4. The molecule has 0 aromatic heterocycles. The predicted molar refractivity (Wildman–Crippen MR) is 168 cm³/mol. The molecule has 0 radical (unpaired) electrons. The fraction of sp³-hybridized carbons (Fsp3) is 0.424. The van der Waals surface area contributed by atoms with Crippen LogP contribution < -0.4 is 4.74 Å². The first-order valence-corrected chi connectivity index (χ1v) is 16.0. The largest absolute Gasteiger partial charge is 0.494 e. The maximum absolute atomic E-state index is 14.7. The number of aliphatic hydroxyl groups is 1. The molecule has 1 unspecified atom stereocenters. The number of ether oxygens (including phenoxy) is 2. The normalized spacial score (nSPS) is 22.6. The molecule has 2 saturated heterocycles. The zero-order valence-electron chi connectivity index (χ0n) is 23.2. The van der Waals surface area contributed by atoms with Gasteiger partial charge in [0.25, 0.3) is 5.91 Å². The van der Waals surface area contributed by atoms with Crippen LogP contribution in [0.15, 0.2) is 60.7 Å². The first kappa shape index (κ1) is 30.3. The topological polar surface area (TPSA) is 59.0 Å². The fourth-order valence-electron chi connectivity index (χ4n) is 5.70. The maximum atomic E-state index is 14.7. The average Bonchev–Trinajstić information content (AvgIpc) is 3.51. The van der Waals surface area contributed by atoms with Crippen molar-refractivity contribution in [2.45, 2.75) is 67.7 Å². The molecule has 8 heteroatoms. The third-order valence-corrected chi connectivity index (χ3v) is 9.80. The van der Waals surface area contributed by atoms with Crippen molar-refractivity contribution in [1.29, 1.82) is 0 Å². The van der Waals surface area contributed by atoms with E-state index in [2.05, 4.69) is 28.7 Å². The summed E-state index contributed by atoms with van der Waals surface area (Å²) in [5, 5.41) is 11.6. The van der Waals surface area contributed by atoms with Crippen LogP contribution >= 0.6 is 34.2 Å². The van der Waals surface area contributed by atoms with E-state index < -0.39 is 6.10 Å². The summed E-state index contributed by atoms with van der Waals surface area (Å²) in [5.74, 6) is 0.480. The van der Waals surface area contributed by atoms with Gasteiger partial charge in [-0.15, -0.1) is 0 Å². The summed E-state index contributed by atoms with van der Waals surface area (Å²) < 4.78 is 26.7. The van der Waals surface area contributed by atoms with Gasteiger partial charge in [-0.25, -0.2) is 4.39 Å². The number of rotatable bonds is 9. The minimum Gasteiger partial charge on any atom is -0.494 e. The summed E-state index contributed by atoms with van der Waals surface area (Å²) in [6.45, 7) is 4.09. The molecule has 4 atom stereocenters. The Kier molecular flexibility index (Phi) is 10.2. The quantitative estimate of drug-likeness (QED) is 0.189. The average molecular weight is 692 g/mol. The zero-order valence-corrected chi connectivity index (χ0v) is 26.1. The Morgan fingerprint density at radius 2 is 1.85 bits per heavy atom. The highest BCUT2D eigenvalue weighted by Crippen LogP contribution is 2.39. The number of carbonyl (C=O) groups excluding carboxylic acids is 1. The Morgan fingerprint density at radius 1 is 1.10 bits per heavy atom. The van der Waals surface area contributed by atoms with Crippen LogP contribution in [-0.4, -0.2) is 51.7 Å². The number of aryl methyl sites for hydroxylation is 1. The van der Waals surface area contributed by atoms with Gasteiger partial charge < -0.3 is 19.5 Å². The van der Waals surface area contributed by atoms with E-state index in [4.69, 9.17) is 21.1 Å². The molecule has 3 aromatic rings. The Hall–Kier alpha value is -2.20. The van der Waals surface area contributed by atoms with Crippen LogP contribution in [0.5, 0.6) is 5.75 Å². The maximum Gasteiger partial charge on any atom is 0.253 e. The summed E-state index contributed by atoms with van der Waals surface area (Å²) >= 11 is 8.85. The molecule has 2 fully saturated rings. The van der Waals surface area contributed by atoms with Crippen molar-refractivity contribution in [2.75, 3.05) is 19.7 Å². The highest BCUT2D eigenvalue weighted by molar-refractivity contribution is 14.1. The van der Waals surface area contributed by atoms with E-state index in [-0.39, 0.29) is 27.9 Å². The third kappa shape index (κ3) is 7.42. The lowest BCUT2D eigenvalue weighted by Gasteiger charge is -2.38. The molecule has 2 aliphatic heterocycles. The van der Waals surface area contributed by atoms with Crippen LogP contribution in [0.25, 0.3) is 0 Å². The van der Waals surface area contributed by atoms with Gasteiger partial charge in [-0.2, -0.15) is 0 Å². The lowest BCUT2D eigenvalue weighted by molar-refractivity contribution is -0.0907. The van der Waals surface area contributed by atoms with Crippen molar-refractivity contribution in [3.8, 4) is 5.75 Å². The molecule has 2 aliphatic rings. The number of carbonyl (C=O) groups is 1. The molecular formula is C33H36ClFINO4. The summed E-state index contributed by atoms with van der Waals surface area (Å²) in [7, 11) is 0. The van der Waals surface area contributed by atoms with E-state index >= 15 is 0 Å². The Balaban J connectivity index is 1.27. The van der Waals surface area contributed by atoms with Gasteiger partial charge in [0.2, 0.25) is 0 Å². The van der Waals surface area contributed by atoms with Gasteiger partial charge in [-0.05, 0) is 97.7 Å². The van der Waals surface area contributed by atoms with E-state index in [0.29, 0.717) is 48.4 Å². The predicted octanol–water partition coefficient (Wildman–Crippen LogP) is 7.33. The van der Waals surface area contributed by atoms with Crippen molar-refractivity contribution >= 4 is 40.1 Å². The molecule has 5 rings (SSSR count). The number of likely N-dealkylation sites (tertiary alicyclic amines) is 1. The number of aliphatic hydroxyl groups excluding tert-OH is 1. The summed E-state index contributed by atoms with van der Waals surface area (Å²) in [6, 6.07) is 18.6. The van der Waals surface area contributed by atoms with Gasteiger partial charge >= 0.3 is 0 Å². The van der Waals surface area contributed by atoms with Crippen molar-refractivity contribution in [2.24, 2.45) is 0 Å². The first-order chi connectivity index (χ1) is 19.8. The van der Waals surface area contributed by atoms with Crippen molar-refractivity contribution in [3.63, 3.8) is 0 Å². The molecule has 0 aliphatic carbocycles. The van der Waals surface area contributed by atoms with Crippen LogP contribution in [0.4, 0.5) is 4.39 Å². The number of alkyl halides is 1. The summed E-state index contributed by atoms with van der Waals surface area (Å²) in [6.07, 6.45) is 3.00. The second-order valence-corrected chi connectivity index (χ2v) is 12.7. The van der Waals surface area contributed by atoms with Crippen LogP contribution in [-0.2, 0) is 17.6 Å². The number of hydrogen-bond acceptors (Lipinski definition) is 4. The molecule has 1 amide bonds. The van der Waals surface area contributed by atoms with E-state index in [9.17, 15) is 14.3 Å². The standard InChI is InChI=1S/C33H36ClFINO4/c1-2-40-26-10-5-21(6-11-26)17-25-19-23(8-13-28(25)34)32-31(36)30(38)20-27(41-32)12-7-22-18-24(9-14-29(22)35)33(39)37-15-3-4-16-37/h5-6,8-11,13-14,18-19,27,30-32,38H,2-4,7,12,15-17,20H2,1H3/t27-,30+,31?,32+/m1/s1. The van der Waals surface area contributed by atoms with Gasteiger partial charge in [0, 0.05) is 30.1 Å². The minimum absolute atomic E-state index is 0.0373. The van der Waals surface area contributed by atoms with E-state index in [0.717, 1.165) is 48.4 Å². The van der Waals surface area contributed by atoms with Gasteiger partial charge in [0.15, 0.2) is 0 Å². The molecule has 2 heterocycles. The molecule has 41 heavy (non-hydrogen) atoms. The number of nitrogens with zero attached hydrogens (tertiary/aromatic N) is 1. The molecule has 218 valence electrons. The van der Waals surface area contributed by atoms with Crippen molar-refractivity contribution in [1.82, 2.24) is 4.90 Å². The minimum atomic E-state index is -0.558. The van der Waals surface area contributed by atoms with E-state index in [1.807, 2.05) is 48.2 Å². The summed E-state index contributed by atoms with van der Waals surface area (Å²) in [5.41, 5.74) is 4.10. The SMILES string of the molecule is CCOc1ccc(Cc2cc([C@@H]3O[C@H](CCc4cc(C(=O)N5CCCC5)ccc4F)C[C@H](O)C3I)ccc2Cl)cc1. The van der Waals surface area contributed by atoms with Crippen molar-refractivity contribution < 1.29 is 23.8 Å². The monoisotopic (exact) mass is 691 g/mol. The second-order valence-electron chi connectivity index (χ2n) is 10.9. The lowest BCUT2D eigenvalue weighted by Crippen LogP contribution is -2.40. The smallest absolute Gasteiger partial charge is 0.253 e. The highest BCUT2D eigenvalue weighted by Gasteiger charge is 2.37. The Morgan fingerprint density at radius 3 is 2.59 bits per heavy atom. The van der Waals surface area contributed by atoms with Crippen LogP contribution in [0.1, 0.15) is 71.3 Å². The third-order valence-electron chi connectivity index (χ3n) is 7.95. The molecular weight excluding hydrogens is 656 g/mol. The lowest BCUT2D eigenvalue weighted by atomic mass is 9.91. The summed E-state index contributed by atoms with van der Waals surface area (Å²) in [4.78, 5) is 14.7. The Labute approximate surface area is 260 Å². The van der Waals surface area contributed by atoms with Crippen molar-refractivity contribution in [3.05, 3.63) is 99.3 Å². The van der Waals surface area contributed by atoms with Gasteiger partial charge in [-0.3, -0.25) is 4.79 Å². The van der Waals surface area contributed by atoms with Crippen LogP contribution in [0.3, 0.4) is 0 Å². The molecule has 0 saturated carbocycles. The van der Waals surface area contributed by atoms with Crippen LogP contribution in [0, 0.1) is 5.82 Å². The van der Waals surface area contributed by atoms with E-state index in [1.165, 1.54) is 6.07 Å². The number of halogens is 3. The zero-order chi connectivity index (χ0) is 28.9. The van der Waals surface area contributed by atoms with Gasteiger partial charge in [0.1, 0.15) is 11.6 Å². The number of hydrogen-bond donors (Lipinski definition) is 1. The van der Waals surface area contributed by atoms with E-state index in [1.54, 1.807) is 12.1 Å². The van der Waals surface area contributed by atoms with Gasteiger partial charge in [0.05, 0.1) is 28.8 Å².